The van der Waals surface area contributed by atoms with Crippen LogP contribution in [0.15, 0.2) is 47.8 Å². The van der Waals surface area contributed by atoms with Crippen LogP contribution in [0.25, 0.3) is 10.6 Å². The number of rotatable bonds is 4. The van der Waals surface area contributed by atoms with Gasteiger partial charge >= 0.3 is 0 Å². The molecule has 6 heteroatoms. The molecule has 3 nitrogen and oxygen atoms in total. The molecule has 0 saturated carbocycles. The third-order valence-corrected chi connectivity index (χ3v) is 6.62. The molecule has 2 aromatic carbocycles. The summed E-state index contributed by atoms with van der Waals surface area (Å²) in [6.45, 7) is 7.02. The summed E-state index contributed by atoms with van der Waals surface area (Å²) in [6, 6.07) is 14.3. The molecule has 27 heavy (non-hydrogen) atoms. The SMILES string of the molecule is Cc1ccccc1-c1nc(CN2CCN(c3ccc(Cl)c(Cl)c3)CC2)cs1. The minimum atomic E-state index is 0.604. The van der Waals surface area contributed by atoms with Gasteiger partial charge in [0, 0.05) is 49.4 Å². The zero-order valence-corrected chi connectivity index (χ0v) is 17.5. The predicted octanol–water partition coefficient (Wildman–Crippen LogP) is 5.75. The van der Waals surface area contributed by atoms with E-state index in [1.165, 1.54) is 11.1 Å². The van der Waals surface area contributed by atoms with Crippen molar-refractivity contribution in [1.29, 1.82) is 0 Å². The fraction of sp³-hybridized carbons (Fsp3) is 0.286. The lowest BCUT2D eigenvalue weighted by Gasteiger charge is -2.35. The number of hydrogen-bond donors (Lipinski definition) is 0. The normalized spacial score (nSPS) is 15.3. The number of halogens is 2. The molecule has 140 valence electrons. The summed E-state index contributed by atoms with van der Waals surface area (Å²) in [5, 5.41) is 4.51. The Balaban J connectivity index is 1.37. The maximum absolute atomic E-state index is 6.16. The maximum atomic E-state index is 6.16. The summed E-state index contributed by atoms with van der Waals surface area (Å²) >= 11 is 13.9. The first-order chi connectivity index (χ1) is 13.1. The lowest BCUT2D eigenvalue weighted by molar-refractivity contribution is 0.247. The quantitative estimate of drug-likeness (QED) is 0.538. The average Bonchev–Trinajstić information content (AvgIpc) is 3.13. The van der Waals surface area contributed by atoms with Crippen LogP contribution in [0, 0.1) is 6.92 Å². The molecule has 2 heterocycles. The van der Waals surface area contributed by atoms with Gasteiger partial charge in [0.2, 0.25) is 0 Å². The molecule has 4 rings (SSSR count). The number of aromatic nitrogens is 1. The summed E-state index contributed by atoms with van der Waals surface area (Å²) in [4.78, 5) is 9.69. The Bertz CT molecular complexity index is 933. The molecule has 0 unspecified atom stereocenters. The molecule has 0 spiro atoms. The lowest BCUT2D eigenvalue weighted by atomic mass is 10.1. The second-order valence-corrected chi connectivity index (χ2v) is 8.49. The Labute approximate surface area is 174 Å². The van der Waals surface area contributed by atoms with E-state index < -0.39 is 0 Å². The molecule has 0 bridgehead atoms. The largest absolute Gasteiger partial charge is 0.369 e. The summed E-state index contributed by atoms with van der Waals surface area (Å²) in [7, 11) is 0. The molecule has 1 aliphatic rings. The minimum absolute atomic E-state index is 0.604. The van der Waals surface area contributed by atoms with Gasteiger partial charge in [-0.25, -0.2) is 4.98 Å². The number of anilines is 1. The van der Waals surface area contributed by atoms with E-state index in [4.69, 9.17) is 28.2 Å². The first-order valence-electron chi connectivity index (χ1n) is 9.03. The lowest BCUT2D eigenvalue weighted by Crippen LogP contribution is -2.46. The number of benzene rings is 2. The van der Waals surface area contributed by atoms with E-state index in [1.807, 2.05) is 18.2 Å². The summed E-state index contributed by atoms with van der Waals surface area (Å²) in [5.41, 5.74) is 4.80. The Hall–Kier alpha value is -1.59. The van der Waals surface area contributed by atoms with Crippen molar-refractivity contribution < 1.29 is 0 Å². The molecule has 0 aliphatic carbocycles. The summed E-state index contributed by atoms with van der Waals surface area (Å²) < 4.78 is 0. The Morgan fingerprint density at radius 3 is 2.52 bits per heavy atom. The highest BCUT2D eigenvalue weighted by Crippen LogP contribution is 2.29. The predicted molar refractivity (Wildman–Crippen MR) is 116 cm³/mol. The van der Waals surface area contributed by atoms with Crippen molar-refractivity contribution in [2.24, 2.45) is 0 Å². The van der Waals surface area contributed by atoms with Gasteiger partial charge in [-0.2, -0.15) is 0 Å². The van der Waals surface area contributed by atoms with Crippen molar-refractivity contribution >= 4 is 40.2 Å². The second kappa shape index (κ2) is 8.19. The minimum Gasteiger partial charge on any atom is -0.369 e. The van der Waals surface area contributed by atoms with Crippen molar-refractivity contribution in [2.45, 2.75) is 13.5 Å². The standard InChI is InChI=1S/C21H21Cl2N3S/c1-15-4-2-3-5-18(15)21-24-16(14-27-21)13-25-8-10-26(11-9-25)17-6-7-19(22)20(23)12-17/h2-7,12,14H,8-11,13H2,1H3. The Morgan fingerprint density at radius 1 is 1.00 bits per heavy atom. The number of thiazole rings is 1. The van der Waals surface area contributed by atoms with Crippen molar-refractivity contribution in [1.82, 2.24) is 9.88 Å². The number of piperazine rings is 1. The van der Waals surface area contributed by atoms with Gasteiger partial charge in [0.25, 0.3) is 0 Å². The molecule has 0 amide bonds. The van der Waals surface area contributed by atoms with Crippen LogP contribution in [-0.2, 0) is 6.54 Å². The van der Waals surface area contributed by atoms with Crippen molar-refractivity contribution in [3.05, 3.63) is 69.1 Å². The molecular weight excluding hydrogens is 397 g/mol. The van der Waals surface area contributed by atoms with Gasteiger partial charge in [0.1, 0.15) is 5.01 Å². The zero-order chi connectivity index (χ0) is 18.8. The van der Waals surface area contributed by atoms with Crippen molar-refractivity contribution in [2.75, 3.05) is 31.1 Å². The van der Waals surface area contributed by atoms with Crippen LogP contribution in [0.4, 0.5) is 5.69 Å². The van der Waals surface area contributed by atoms with Crippen LogP contribution in [0.3, 0.4) is 0 Å². The highest BCUT2D eigenvalue weighted by atomic mass is 35.5. The number of aryl methyl sites for hydroxylation is 1. The van der Waals surface area contributed by atoms with Gasteiger partial charge in [-0.05, 0) is 30.7 Å². The first kappa shape index (κ1) is 18.8. The van der Waals surface area contributed by atoms with Gasteiger partial charge in [-0.1, -0.05) is 47.5 Å². The van der Waals surface area contributed by atoms with Crippen LogP contribution < -0.4 is 4.90 Å². The van der Waals surface area contributed by atoms with Gasteiger partial charge in [-0.15, -0.1) is 11.3 Å². The van der Waals surface area contributed by atoms with E-state index in [2.05, 4.69) is 46.4 Å². The Kier molecular flexibility index (Phi) is 5.69. The van der Waals surface area contributed by atoms with Gasteiger partial charge in [0.05, 0.1) is 15.7 Å². The molecule has 0 N–H and O–H groups in total. The fourth-order valence-electron chi connectivity index (χ4n) is 3.39. The molecule has 0 radical (unpaired) electrons. The molecular formula is C21H21Cl2N3S. The number of hydrogen-bond acceptors (Lipinski definition) is 4. The van der Waals surface area contributed by atoms with Crippen LogP contribution in [0.2, 0.25) is 10.0 Å². The topological polar surface area (TPSA) is 19.4 Å². The summed E-state index contributed by atoms with van der Waals surface area (Å²) in [5.74, 6) is 0. The second-order valence-electron chi connectivity index (χ2n) is 6.82. The van der Waals surface area contributed by atoms with Crippen LogP contribution in [0.1, 0.15) is 11.3 Å². The van der Waals surface area contributed by atoms with E-state index in [-0.39, 0.29) is 0 Å². The molecule has 0 atom stereocenters. The van der Waals surface area contributed by atoms with Crippen molar-refractivity contribution in [3.8, 4) is 10.6 Å². The molecule has 1 aromatic heterocycles. The zero-order valence-electron chi connectivity index (χ0n) is 15.2. The van der Waals surface area contributed by atoms with Crippen molar-refractivity contribution in [3.63, 3.8) is 0 Å². The first-order valence-corrected chi connectivity index (χ1v) is 10.7. The van der Waals surface area contributed by atoms with E-state index in [1.54, 1.807) is 11.3 Å². The van der Waals surface area contributed by atoms with Crippen LogP contribution in [-0.4, -0.2) is 36.1 Å². The molecule has 1 fully saturated rings. The van der Waals surface area contributed by atoms with Gasteiger partial charge < -0.3 is 4.90 Å². The molecule has 3 aromatic rings. The smallest absolute Gasteiger partial charge is 0.123 e. The highest BCUT2D eigenvalue weighted by molar-refractivity contribution is 7.13. The molecule has 1 aliphatic heterocycles. The molecule has 1 saturated heterocycles. The van der Waals surface area contributed by atoms with E-state index >= 15 is 0 Å². The van der Waals surface area contributed by atoms with E-state index in [9.17, 15) is 0 Å². The Morgan fingerprint density at radius 2 is 1.78 bits per heavy atom. The number of nitrogens with zero attached hydrogens (tertiary/aromatic N) is 3. The van der Waals surface area contributed by atoms with Crippen LogP contribution >= 0.6 is 34.5 Å². The average molecular weight is 418 g/mol. The van der Waals surface area contributed by atoms with Gasteiger partial charge in [-0.3, -0.25) is 4.90 Å². The third-order valence-electron chi connectivity index (χ3n) is 4.95. The fourth-order valence-corrected chi connectivity index (χ4v) is 4.58. The highest BCUT2D eigenvalue weighted by Gasteiger charge is 2.19. The third kappa shape index (κ3) is 4.30. The van der Waals surface area contributed by atoms with Crippen LogP contribution in [0.5, 0.6) is 0 Å². The van der Waals surface area contributed by atoms with E-state index in [0.717, 1.165) is 49.1 Å². The van der Waals surface area contributed by atoms with E-state index in [0.29, 0.717) is 10.0 Å². The summed E-state index contributed by atoms with van der Waals surface area (Å²) in [6.07, 6.45) is 0. The monoisotopic (exact) mass is 417 g/mol. The maximum Gasteiger partial charge on any atom is 0.123 e. The van der Waals surface area contributed by atoms with Gasteiger partial charge in [0.15, 0.2) is 0 Å².